The third-order valence-corrected chi connectivity index (χ3v) is 5.17. The number of aliphatic hydroxyl groups excluding tert-OH is 1. The van der Waals surface area contributed by atoms with Gasteiger partial charge in [0.25, 0.3) is 11.7 Å². The van der Waals surface area contributed by atoms with E-state index in [1.807, 2.05) is 19.0 Å². The van der Waals surface area contributed by atoms with E-state index in [0.717, 1.165) is 0 Å². The summed E-state index contributed by atoms with van der Waals surface area (Å²) in [6, 6.07) is 9.34. The van der Waals surface area contributed by atoms with Crippen molar-refractivity contribution >= 4 is 17.4 Å². The van der Waals surface area contributed by atoms with E-state index in [-0.39, 0.29) is 23.4 Å². The van der Waals surface area contributed by atoms with Crippen LogP contribution in [0.15, 0.2) is 48.0 Å². The lowest BCUT2D eigenvalue weighted by molar-refractivity contribution is -0.140. The molecule has 164 valence electrons. The van der Waals surface area contributed by atoms with Crippen LogP contribution in [0.4, 0.5) is 4.39 Å². The van der Waals surface area contributed by atoms with Crippen molar-refractivity contribution in [3.63, 3.8) is 0 Å². The summed E-state index contributed by atoms with van der Waals surface area (Å²) in [5.41, 5.74) is 0.777. The van der Waals surface area contributed by atoms with E-state index >= 15 is 0 Å². The van der Waals surface area contributed by atoms with Gasteiger partial charge in [-0.25, -0.2) is 4.39 Å². The molecule has 7 nitrogen and oxygen atoms in total. The number of amides is 1. The van der Waals surface area contributed by atoms with Crippen molar-refractivity contribution in [3.05, 3.63) is 65.0 Å². The summed E-state index contributed by atoms with van der Waals surface area (Å²) in [5.74, 6) is -1.40. The van der Waals surface area contributed by atoms with E-state index in [1.165, 1.54) is 43.4 Å². The largest absolute Gasteiger partial charge is 0.507 e. The third-order valence-electron chi connectivity index (χ3n) is 5.17. The molecule has 2 aromatic rings. The molecule has 1 aliphatic heterocycles. The minimum Gasteiger partial charge on any atom is -0.507 e. The quantitative estimate of drug-likeness (QED) is 0.415. The summed E-state index contributed by atoms with van der Waals surface area (Å²) in [6.07, 6.45) is 0. The van der Waals surface area contributed by atoms with Gasteiger partial charge in [-0.15, -0.1) is 0 Å². The molecule has 31 heavy (non-hydrogen) atoms. The van der Waals surface area contributed by atoms with E-state index in [0.29, 0.717) is 23.6 Å². The number of rotatable bonds is 7. The number of hydrogen-bond donors (Lipinski definition) is 1. The summed E-state index contributed by atoms with van der Waals surface area (Å²) in [7, 11) is 6.72. The van der Waals surface area contributed by atoms with Crippen molar-refractivity contribution in [2.75, 3.05) is 41.4 Å². The highest BCUT2D eigenvalue weighted by molar-refractivity contribution is 6.46. The van der Waals surface area contributed by atoms with Crippen LogP contribution in [0.3, 0.4) is 0 Å². The lowest BCUT2D eigenvalue weighted by Gasteiger charge is -2.27. The van der Waals surface area contributed by atoms with Crippen LogP contribution in [0.5, 0.6) is 11.5 Å². The monoisotopic (exact) mass is 428 g/mol. The Bertz CT molecular complexity index is 1020. The van der Waals surface area contributed by atoms with E-state index < -0.39 is 23.5 Å². The van der Waals surface area contributed by atoms with Crippen LogP contribution in [0, 0.1) is 5.82 Å². The maximum absolute atomic E-state index is 13.3. The molecule has 0 radical (unpaired) electrons. The van der Waals surface area contributed by atoms with Gasteiger partial charge in [0.1, 0.15) is 11.6 Å². The van der Waals surface area contributed by atoms with Crippen LogP contribution in [-0.4, -0.2) is 68.0 Å². The predicted octanol–water partition coefficient (Wildman–Crippen LogP) is 2.83. The van der Waals surface area contributed by atoms with Crippen molar-refractivity contribution in [1.29, 1.82) is 0 Å². The van der Waals surface area contributed by atoms with Gasteiger partial charge in [-0.3, -0.25) is 9.59 Å². The van der Waals surface area contributed by atoms with Crippen molar-refractivity contribution in [2.45, 2.75) is 6.04 Å². The summed E-state index contributed by atoms with van der Waals surface area (Å²) in [4.78, 5) is 29.1. The number of hydrogen-bond acceptors (Lipinski definition) is 6. The number of ether oxygens (including phenoxy) is 2. The fraction of sp³-hybridized carbons (Fsp3) is 0.304. The van der Waals surface area contributed by atoms with Gasteiger partial charge in [0.2, 0.25) is 0 Å². The molecule has 0 aromatic heterocycles. The maximum Gasteiger partial charge on any atom is 0.295 e. The number of carbonyl (C=O) groups excluding carboxylic acids is 2. The van der Waals surface area contributed by atoms with Gasteiger partial charge in [0.15, 0.2) is 11.5 Å². The number of benzene rings is 2. The molecule has 0 saturated carbocycles. The molecule has 1 atom stereocenters. The van der Waals surface area contributed by atoms with E-state index in [1.54, 1.807) is 18.2 Å². The van der Waals surface area contributed by atoms with Crippen molar-refractivity contribution in [2.24, 2.45) is 0 Å². The van der Waals surface area contributed by atoms with Crippen LogP contribution < -0.4 is 9.47 Å². The van der Waals surface area contributed by atoms with Crippen LogP contribution in [0.1, 0.15) is 17.2 Å². The second-order valence-electron chi connectivity index (χ2n) is 7.42. The van der Waals surface area contributed by atoms with E-state index in [9.17, 15) is 19.1 Å². The molecule has 8 heteroatoms. The first-order valence-electron chi connectivity index (χ1n) is 9.69. The highest BCUT2D eigenvalue weighted by Crippen LogP contribution is 2.41. The van der Waals surface area contributed by atoms with Gasteiger partial charge < -0.3 is 24.4 Å². The Kier molecular flexibility index (Phi) is 6.60. The Morgan fingerprint density at radius 2 is 1.71 bits per heavy atom. The number of likely N-dealkylation sites (N-methyl/N-ethyl adjacent to an activating group) is 1. The maximum atomic E-state index is 13.3. The Labute approximate surface area is 180 Å². The third kappa shape index (κ3) is 4.39. The number of nitrogens with zero attached hydrogens (tertiary/aromatic N) is 2. The number of Topliss-reactive ketones (excluding diaryl/α,β-unsaturated/α-hetero) is 1. The summed E-state index contributed by atoms with van der Waals surface area (Å²) < 4.78 is 24.0. The smallest absolute Gasteiger partial charge is 0.295 e. The topological polar surface area (TPSA) is 79.3 Å². The minimum absolute atomic E-state index is 0.0532. The normalized spacial score (nSPS) is 18.0. The van der Waals surface area contributed by atoms with Gasteiger partial charge in [0.05, 0.1) is 25.8 Å². The number of carbonyl (C=O) groups is 2. The zero-order valence-corrected chi connectivity index (χ0v) is 17.9. The molecule has 1 heterocycles. The fourth-order valence-corrected chi connectivity index (χ4v) is 3.55. The van der Waals surface area contributed by atoms with E-state index in [4.69, 9.17) is 9.47 Å². The first-order valence-corrected chi connectivity index (χ1v) is 9.69. The van der Waals surface area contributed by atoms with Gasteiger partial charge in [-0.05, 0) is 56.1 Å². The summed E-state index contributed by atoms with van der Waals surface area (Å²) >= 11 is 0. The molecule has 1 fully saturated rings. The van der Waals surface area contributed by atoms with Crippen LogP contribution >= 0.6 is 0 Å². The highest BCUT2D eigenvalue weighted by atomic mass is 19.1. The number of ketones is 1. The van der Waals surface area contributed by atoms with Crippen molar-refractivity contribution in [1.82, 2.24) is 9.80 Å². The Hall–Kier alpha value is -3.39. The first kappa shape index (κ1) is 22.3. The number of likely N-dealkylation sites (tertiary alicyclic amines) is 1. The minimum atomic E-state index is -0.829. The molecule has 0 bridgehead atoms. The molecule has 3 rings (SSSR count). The standard InChI is InChI=1S/C23H25FN2O5/c1-25(2)11-12-26-20(15-7-10-17(30-3)18(13-15)31-4)19(22(28)23(26)29)21(27)14-5-8-16(24)9-6-14/h5-10,13,20,27H,11-12H2,1-4H3. The van der Waals surface area contributed by atoms with Crippen molar-refractivity contribution in [3.8, 4) is 11.5 Å². The lowest BCUT2D eigenvalue weighted by atomic mass is 9.95. The molecule has 1 amide bonds. The Balaban J connectivity index is 2.18. The van der Waals surface area contributed by atoms with Crippen LogP contribution in [0.25, 0.3) is 5.76 Å². The fourth-order valence-electron chi connectivity index (χ4n) is 3.55. The van der Waals surface area contributed by atoms with Gasteiger partial charge in [-0.2, -0.15) is 0 Å². The Morgan fingerprint density at radius 1 is 1.06 bits per heavy atom. The summed E-state index contributed by atoms with van der Waals surface area (Å²) in [5, 5.41) is 10.9. The molecule has 1 saturated heterocycles. The molecule has 0 spiro atoms. The molecule has 0 aliphatic carbocycles. The van der Waals surface area contributed by atoms with Crippen LogP contribution in [-0.2, 0) is 9.59 Å². The number of aliphatic hydroxyl groups is 1. The zero-order valence-electron chi connectivity index (χ0n) is 17.9. The number of methoxy groups -OCH3 is 2. The number of halogens is 1. The van der Waals surface area contributed by atoms with Crippen molar-refractivity contribution < 1.29 is 28.6 Å². The molecule has 1 N–H and O–H groups in total. The SMILES string of the molecule is COc1ccc(C2C(=C(O)c3ccc(F)cc3)C(=O)C(=O)N2CCN(C)C)cc1OC. The first-order chi connectivity index (χ1) is 14.8. The average molecular weight is 428 g/mol. The average Bonchev–Trinajstić information content (AvgIpc) is 3.01. The molecular formula is C23H25FN2O5. The second kappa shape index (κ2) is 9.18. The molecular weight excluding hydrogens is 403 g/mol. The molecule has 1 aliphatic rings. The van der Waals surface area contributed by atoms with Gasteiger partial charge in [0, 0.05) is 18.7 Å². The Morgan fingerprint density at radius 3 is 2.29 bits per heavy atom. The molecule has 1 unspecified atom stereocenters. The van der Waals surface area contributed by atoms with Gasteiger partial charge >= 0.3 is 0 Å². The summed E-state index contributed by atoms with van der Waals surface area (Å²) in [6.45, 7) is 0.796. The predicted molar refractivity (Wildman–Crippen MR) is 114 cm³/mol. The van der Waals surface area contributed by atoms with E-state index in [2.05, 4.69) is 0 Å². The van der Waals surface area contributed by atoms with Gasteiger partial charge in [-0.1, -0.05) is 6.07 Å². The lowest BCUT2D eigenvalue weighted by Crippen LogP contribution is -2.35. The zero-order chi connectivity index (χ0) is 22.7. The molecule has 2 aromatic carbocycles. The van der Waals surface area contributed by atoms with Crippen LogP contribution in [0.2, 0.25) is 0 Å². The highest BCUT2D eigenvalue weighted by Gasteiger charge is 2.46. The second-order valence-corrected chi connectivity index (χ2v) is 7.42.